The summed E-state index contributed by atoms with van der Waals surface area (Å²) in [6.45, 7) is 8.87. The Bertz CT molecular complexity index is 421. The van der Waals surface area contributed by atoms with Crippen LogP contribution in [-0.2, 0) is 0 Å². The molecule has 1 fully saturated rings. The van der Waals surface area contributed by atoms with Crippen molar-refractivity contribution in [2.45, 2.75) is 39.0 Å². The van der Waals surface area contributed by atoms with Crippen LogP contribution in [0.3, 0.4) is 0 Å². The standard InChI is InChI=1S/C17H24O/c1-12-5-4-6-16(10-12)17(11-18)14(3)15-8-7-13(2)9-15/h4-6,10,13,15,17-18H,3,7-9,11H2,1-2H3. The number of hydrogen-bond acceptors (Lipinski definition) is 1. The van der Waals surface area contributed by atoms with Crippen molar-refractivity contribution in [1.82, 2.24) is 0 Å². The molecule has 0 aromatic heterocycles. The number of aryl methyl sites for hydroxylation is 1. The van der Waals surface area contributed by atoms with Crippen LogP contribution in [0.2, 0.25) is 0 Å². The van der Waals surface area contributed by atoms with Crippen molar-refractivity contribution in [1.29, 1.82) is 0 Å². The highest BCUT2D eigenvalue weighted by atomic mass is 16.3. The molecule has 0 saturated heterocycles. The second-order valence-corrected chi connectivity index (χ2v) is 5.84. The van der Waals surface area contributed by atoms with Gasteiger partial charge in [0.2, 0.25) is 0 Å². The van der Waals surface area contributed by atoms with Crippen molar-refractivity contribution in [3.05, 3.63) is 47.5 Å². The summed E-state index contributed by atoms with van der Waals surface area (Å²) in [5.74, 6) is 1.52. The number of benzene rings is 1. The molecule has 3 atom stereocenters. The Labute approximate surface area is 111 Å². The van der Waals surface area contributed by atoms with E-state index in [9.17, 15) is 5.11 Å². The lowest BCUT2D eigenvalue weighted by atomic mass is 9.83. The molecule has 1 aromatic rings. The predicted molar refractivity (Wildman–Crippen MR) is 76.7 cm³/mol. The van der Waals surface area contributed by atoms with Crippen LogP contribution in [0, 0.1) is 18.8 Å². The minimum atomic E-state index is 0.111. The Kier molecular flexibility index (Phi) is 4.23. The van der Waals surface area contributed by atoms with Gasteiger partial charge in [-0.25, -0.2) is 0 Å². The van der Waals surface area contributed by atoms with Gasteiger partial charge in [0.25, 0.3) is 0 Å². The SMILES string of the molecule is C=C(C1CCC(C)C1)C(CO)c1cccc(C)c1. The van der Waals surface area contributed by atoms with Crippen molar-refractivity contribution < 1.29 is 5.11 Å². The van der Waals surface area contributed by atoms with E-state index in [1.54, 1.807) is 0 Å². The summed E-state index contributed by atoms with van der Waals surface area (Å²) in [6, 6.07) is 8.44. The van der Waals surface area contributed by atoms with Gasteiger partial charge < -0.3 is 5.11 Å². The molecule has 0 radical (unpaired) electrons. The van der Waals surface area contributed by atoms with Gasteiger partial charge in [0, 0.05) is 5.92 Å². The van der Waals surface area contributed by atoms with Crippen molar-refractivity contribution in [2.24, 2.45) is 11.8 Å². The largest absolute Gasteiger partial charge is 0.395 e. The highest BCUT2D eigenvalue weighted by molar-refractivity contribution is 5.32. The summed E-state index contributed by atoms with van der Waals surface area (Å²) in [4.78, 5) is 0. The molecular formula is C17H24O. The van der Waals surface area contributed by atoms with E-state index in [-0.39, 0.29) is 12.5 Å². The third-order valence-electron chi connectivity index (χ3n) is 4.29. The highest BCUT2D eigenvalue weighted by Gasteiger charge is 2.28. The predicted octanol–water partition coefficient (Wildman–Crippen LogP) is 4.06. The van der Waals surface area contributed by atoms with Crippen molar-refractivity contribution >= 4 is 0 Å². The molecule has 1 saturated carbocycles. The number of rotatable bonds is 4. The highest BCUT2D eigenvalue weighted by Crippen LogP contribution is 2.40. The van der Waals surface area contributed by atoms with E-state index in [0.717, 1.165) is 5.92 Å². The first kappa shape index (κ1) is 13.4. The lowest BCUT2D eigenvalue weighted by Crippen LogP contribution is -2.13. The molecule has 1 heteroatoms. The smallest absolute Gasteiger partial charge is 0.0537 e. The summed E-state index contributed by atoms with van der Waals surface area (Å²) in [5, 5.41) is 9.71. The van der Waals surface area contributed by atoms with Crippen LogP contribution in [0.15, 0.2) is 36.4 Å². The molecule has 0 aliphatic heterocycles. The van der Waals surface area contributed by atoms with E-state index in [0.29, 0.717) is 5.92 Å². The van der Waals surface area contributed by atoms with Crippen LogP contribution < -0.4 is 0 Å². The maximum Gasteiger partial charge on any atom is 0.0537 e. The zero-order valence-electron chi connectivity index (χ0n) is 11.5. The van der Waals surface area contributed by atoms with Gasteiger partial charge in [-0.3, -0.25) is 0 Å². The van der Waals surface area contributed by atoms with E-state index in [1.165, 1.54) is 36.0 Å². The second kappa shape index (κ2) is 5.71. The first-order valence-corrected chi connectivity index (χ1v) is 6.98. The van der Waals surface area contributed by atoms with E-state index < -0.39 is 0 Å². The average molecular weight is 244 g/mol. The molecule has 1 aromatic carbocycles. The maximum atomic E-state index is 9.71. The second-order valence-electron chi connectivity index (χ2n) is 5.84. The normalized spacial score (nSPS) is 25.1. The molecular weight excluding hydrogens is 220 g/mol. The summed E-state index contributed by atoms with van der Waals surface area (Å²) in [6.07, 6.45) is 3.78. The van der Waals surface area contributed by atoms with Crippen LogP contribution in [-0.4, -0.2) is 11.7 Å². The molecule has 0 heterocycles. The van der Waals surface area contributed by atoms with Crippen molar-refractivity contribution in [3.63, 3.8) is 0 Å². The van der Waals surface area contributed by atoms with Gasteiger partial charge >= 0.3 is 0 Å². The fourth-order valence-electron chi connectivity index (χ4n) is 3.15. The van der Waals surface area contributed by atoms with Gasteiger partial charge in [0.1, 0.15) is 0 Å². The Hall–Kier alpha value is -1.08. The fourth-order valence-corrected chi connectivity index (χ4v) is 3.15. The van der Waals surface area contributed by atoms with Gasteiger partial charge in [-0.1, -0.05) is 55.3 Å². The van der Waals surface area contributed by atoms with Crippen molar-refractivity contribution in [2.75, 3.05) is 6.61 Å². The van der Waals surface area contributed by atoms with E-state index in [4.69, 9.17) is 0 Å². The van der Waals surface area contributed by atoms with Crippen molar-refractivity contribution in [3.8, 4) is 0 Å². The quantitative estimate of drug-likeness (QED) is 0.792. The lowest BCUT2D eigenvalue weighted by Gasteiger charge is -2.23. The monoisotopic (exact) mass is 244 g/mol. The zero-order chi connectivity index (χ0) is 13.1. The molecule has 18 heavy (non-hydrogen) atoms. The van der Waals surface area contributed by atoms with Gasteiger partial charge in [-0.2, -0.15) is 0 Å². The topological polar surface area (TPSA) is 20.2 Å². The molecule has 1 aliphatic carbocycles. The zero-order valence-corrected chi connectivity index (χ0v) is 11.5. The van der Waals surface area contributed by atoms with Gasteiger partial charge in [0.15, 0.2) is 0 Å². The molecule has 3 unspecified atom stereocenters. The summed E-state index contributed by atoms with van der Waals surface area (Å²) >= 11 is 0. The van der Waals surface area contributed by atoms with Gasteiger partial charge in [-0.05, 0) is 37.2 Å². The lowest BCUT2D eigenvalue weighted by molar-refractivity contribution is 0.272. The fraction of sp³-hybridized carbons (Fsp3) is 0.529. The third kappa shape index (κ3) is 2.84. The van der Waals surface area contributed by atoms with Crippen LogP contribution >= 0.6 is 0 Å². The number of aliphatic hydroxyl groups is 1. The summed E-state index contributed by atoms with van der Waals surface area (Å²) in [7, 11) is 0. The summed E-state index contributed by atoms with van der Waals surface area (Å²) < 4.78 is 0. The Morgan fingerprint density at radius 3 is 2.78 bits per heavy atom. The molecule has 1 N–H and O–H groups in total. The Balaban J connectivity index is 2.15. The Morgan fingerprint density at radius 1 is 1.44 bits per heavy atom. The summed E-state index contributed by atoms with van der Waals surface area (Å²) in [5.41, 5.74) is 3.69. The van der Waals surface area contributed by atoms with Gasteiger partial charge in [-0.15, -0.1) is 0 Å². The third-order valence-corrected chi connectivity index (χ3v) is 4.29. The minimum absolute atomic E-state index is 0.111. The van der Waals surface area contributed by atoms with Crippen LogP contribution in [0.1, 0.15) is 43.2 Å². The van der Waals surface area contributed by atoms with Crippen LogP contribution in [0.4, 0.5) is 0 Å². The molecule has 98 valence electrons. The van der Waals surface area contributed by atoms with Crippen LogP contribution in [0.25, 0.3) is 0 Å². The number of aliphatic hydroxyl groups excluding tert-OH is 1. The molecule has 0 bridgehead atoms. The van der Waals surface area contributed by atoms with Gasteiger partial charge in [0.05, 0.1) is 6.61 Å². The first-order chi connectivity index (χ1) is 8.61. The number of hydrogen-bond donors (Lipinski definition) is 1. The molecule has 1 aliphatic rings. The first-order valence-electron chi connectivity index (χ1n) is 6.98. The molecule has 0 spiro atoms. The minimum Gasteiger partial charge on any atom is -0.395 e. The maximum absolute atomic E-state index is 9.71. The molecule has 2 rings (SSSR count). The van der Waals surface area contributed by atoms with Crippen LogP contribution in [0.5, 0.6) is 0 Å². The molecule has 0 amide bonds. The van der Waals surface area contributed by atoms with E-state index in [1.807, 2.05) is 0 Å². The van der Waals surface area contributed by atoms with E-state index in [2.05, 4.69) is 44.7 Å². The molecule has 1 nitrogen and oxygen atoms in total. The Morgan fingerprint density at radius 2 is 2.22 bits per heavy atom. The van der Waals surface area contributed by atoms with E-state index >= 15 is 0 Å². The average Bonchev–Trinajstić information content (AvgIpc) is 2.77.